The summed E-state index contributed by atoms with van der Waals surface area (Å²) in [6.45, 7) is -0.258. The number of non-ortho nitro benzene ring substituents is 1. The van der Waals surface area contributed by atoms with Gasteiger partial charge in [-0.15, -0.1) is 0 Å². The average Bonchev–Trinajstić information content (AvgIpc) is 3.10. The van der Waals surface area contributed by atoms with Crippen molar-refractivity contribution in [3.63, 3.8) is 0 Å². The first kappa shape index (κ1) is 20.4. The van der Waals surface area contributed by atoms with E-state index in [1.807, 2.05) is 0 Å². The van der Waals surface area contributed by atoms with Crippen molar-refractivity contribution in [1.82, 2.24) is 4.90 Å². The van der Waals surface area contributed by atoms with E-state index >= 15 is 0 Å². The Labute approximate surface area is 165 Å². The minimum absolute atomic E-state index is 0.0107. The van der Waals surface area contributed by atoms with Crippen LogP contribution in [0.2, 0.25) is 0 Å². The van der Waals surface area contributed by atoms with Crippen LogP contribution in [-0.2, 0) is 27.4 Å². The summed E-state index contributed by atoms with van der Waals surface area (Å²) in [7, 11) is 0. The Morgan fingerprint density at radius 1 is 1.24 bits per heavy atom. The van der Waals surface area contributed by atoms with Gasteiger partial charge in [-0.05, 0) is 17.2 Å². The van der Waals surface area contributed by atoms with Gasteiger partial charge in [0, 0.05) is 25.1 Å². The summed E-state index contributed by atoms with van der Waals surface area (Å²) in [5.41, 5.74) is 0.495. The quantitative estimate of drug-likeness (QED) is 0.449. The topological polar surface area (TPSA) is 110 Å². The van der Waals surface area contributed by atoms with E-state index < -0.39 is 34.8 Å². The lowest BCUT2D eigenvalue weighted by atomic mass is 10.1. The number of nitrogens with zero attached hydrogens (tertiary/aromatic N) is 2. The van der Waals surface area contributed by atoms with Crippen LogP contribution in [0.1, 0.15) is 17.5 Å². The fourth-order valence-corrected chi connectivity index (χ4v) is 3.23. The number of nitro groups is 1. The third-order valence-corrected chi connectivity index (χ3v) is 4.67. The molecule has 0 bridgehead atoms. The van der Waals surface area contributed by atoms with Gasteiger partial charge < -0.3 is 14.7 Å². The molecular weight excluding hydrogens is 383 g/mol. The molecule has 1 N–H and O–H groups in total. The van der Waals surface area contributed by atoms with Crippen molar-refractivity contribution in [2.45, 2.75) is 31.6 Å². The van der Waals surface area contributed by atoms with Crippen LogP contribution in [0.4, 0.5) is 10.1 Å². The van der Waals surface area contributed by atoms with Gasteiger partial charge in [-0.1, -0.05) is 30.3 Å². The number of carbonyl (C=O) groups excluding carboxylic acids is 2. The van der Waals surface area contributed by atoms with E-state index in [9.17, 15) is 29.2 Å². The van der Waals surface area contributed by atoms with E-state index in [2.05, 4.69) is 0 Å². The average molecular weight is 402 g/mol. The summed E-state index contributed by atoms with van der Waals surface area (Å²) in [4.78, 5) is 36.5. The molecule has 0 saturated carbocycles. The number of rotatable bonds is 6. The molecule has 8 nitrogen and oxygen atoms in total. The summed E-state index contributed by atoms with van der Waals surface area (Å²) in [5.74, 6) is -1.75. The number of esters is 1. The smallest absolute Gasteiger partial charge is 0.329 e. The molecule has 0 spiro atoms. The molecule has 0 aliphatic carbocycles. The van der Waals surface area contributed by atoms with E-state index in [-0.39, 0.29) is 37.2 Å². The molecule has 2 aromatic rings. The molecule has 1 amide bonds. The highest BCUT2D eigenvalue weighted by molar-refractivity contribution is 5.86. The second kappa shape index (κ2) is 8.78. The number of carbonyl (C=O) groups is 2. The lowest BCUT2D eigenvalue weighted by molar-refractivity contribution is -0.384. The van der Waals surface area contributed by atoms with Crippen molar-refractivity contribution in [1.29, 1.82) is 0 Å². The maximum absolute atomic E-state index is 13.8. The number of β-amino-alcohol motifs (C(OH)–C–C–N with tert-alkyl or cyclic N) is 1. The standard InChI is InChI=1S/C20H19FN2O6/c21-17-7-2-1-5-14(17)9-19(25)22-11-16(24)10-18(22)20(26)29-12-13-4-3-6-15(8-13)23(27)28/h1-8,16,18,24H,9-12H2. The first-order valence-corrected chi connectivity index (χ1v) is 8.96. The van der Waals surface area contributed by atoms with Gasteiger partial charge >= 0.3 is 5.97 Å². The minimum atomic E-state index is -0.997. The monoisotopic (exact) mass is 402 g/mol. The van der Waals surface area contributed by atoms with Gasteiger partial charge in [0.25, 0.3) is 5.69 Å². The minimum Gasteiger partial charge on any atom is -0.459 e. The van der Waals surface area contributed by atoms with Gasteiger partial charge in [-0.2, -0.15) is 0 Å². The van der Waals surface area contributed by atoms with Crippen molar-refractivity contribution in [2.75, 3.05) is 6.54 Å². The number of aliphatic hydroxyl groups excluding tert-OH is 1. The van der Waals surface area contributed by atoms with Crippen LogP contribution in [0.25, 0.3) is 0 Å². The van der Waals surface area contributed by atoms with Gasteiger partial charge in [0.15, 0.2) is 0 Å². The van der Waals surface area contributed by atoms with E-state index in [4.69, 9.17) is 4.74 Å². The lowest BCUT2D eigenvalue weighted by Crippen LogP contribution is -2.42. The Bertz CT molecular complexity index is 935. The molecular formula is C20H19FN2O6. The molecule has 152 valence electrons. The van der Waals surface area contributed by atoms with Gasteiger partial charge in [0.2, 0.25) is 5.91 Å². The van der Waals surface area contributed by atoms with Crippen LogP contribution in [0.3, 0.4) is 0 Å². The molecule has 1 fully saturated rings. The van der Waals surface area contributed by atoms with Crippen LogP contribution < -0.4 is 0 Å². The molecule has 1 heterocycles. The van der Waals surface area contributed by atoms with E-state index in [1.54, 1.807) is 12.1 Å². The Morgan fingerprint density at radius 3 is 2.72 bits per heavy atom. The van der Waals surface area contributed by atoms with Gasteiger partial charge in [-0.25, -0.2) is 9.18 Å². The second-order valence-electron chi connectivity index (χ2n) is 6.75. The number of hydrogen-bond acceptors (Lipinski definition) is 6. The predicted octanol–water partition coefficient (Wildman–Crippen LogP) is 1.98. The number of hydrogen-bond donors (Lipinski definition) is 1. The zero-order valence-electron chi connectivity index (χ0n) is 15.4. The van der Waals surface area contributed by atoms with Crippen LogP contribution in [0.15, 0.2) is 48.5 Å². The maximum Gasteiger partial charge on any atom is 0.329 e. The third-order valence-electron chi connectivity index (χ3n) is 4.67. The molecule has 0 aromatic heterocycles. The number of ether oxygens (including phenoxy) is 1. The third kappa shape index (κ3) is 4.94. The fourth-order valence-electron chi connectivity index (χ4n) is 3.23. The van der Waals surface area contributed by atoms with Gasteiger partial charge in [0.1, 0.15) is 18.5 Å². The highest BCUT2D eigenvalue weighted by Gasteiger charge is 2.39. The zero-order chi connectivity index (χ0) is 21.0. The largest absolute Gasteiger partial charge is 0.459 e. The SMILES string of the molecule is O=C(OCc1cccc([N+](=O)[O-])c1)C1CC(O)CN1C(=O)Cc1ccccc1F. The number of nitro benzene ring substituents is 1. The first-order valence-electron chi connectivity index (χ1n) is 8.96. The Hall–Kier alpha value is -3.33. The molecule has 1 saturated heterocycles. The van der Waals surface area contributed by atoms with Gasteiger partial charge in [-0.3, -0.25) is 14.9 Å². The first-order chi connectivity index (χ1) is 13.8. The highest BCUT2D eigenvalue weighted by atomic mass is 19.1. The normalized spacial score (nSPS) is 18.5. The fraction of sp³-hybridized carbons (Fsp3) is 0.300. The van der Waals surface area contributed by atoms with E-state index in [0.29, 0.717) is 5.56 Å². The van der Waals surface area contributed by atoms with Crippen LogP contribution in [0.5, 0.6) is 0 Å². The summed E-state index contributed by atoms with van der Waals surface area (Å²) in [5, 5.41) is 20.7. The van der Waals surface area contributed by atoms with Gasteiger partial charge in [0.05, 0.1) is 17.4 Å². The molecule has 3 rings (SSSR count). The van der Waals surface area contributed by atoms with Crippen LogP contribution in [-0.4, -0.2) is 45.5 Å². The van der Waals surface area contributed by atoms with Crippen molar-refractivity contribution in [2.24, 2.45) is 0 Å². The molecule has 29 heavy (non-hydrogen) atoms. The summed E-state index contributed by atoms with van der Waals surface area (Å²) in [6, 6.07) is 10.5. The zero-order valence-corrected chi connectivity index (χ0v) is 15.4. The number of aliphatic hydroxyl groups is 1. The van der Waals surface area contributed by atoms with E-state index in [1.165, 1.54) is 41.3 Å². The number of amides is 1. The molecule has 2 atom stereocenters. The van der Waals surface area contributed by atoms with Crippen molar-refractivity contribution in [3.8, 4) is 0 Å². The molecule has 1 aliphatic rings. The Kier molecular flexibility index (Phi) is 6.18. The van der Waals surface area contributed by atoms with E-state index in [0.717, 1.165) is 0 Å². The predicted molar refractivity (Wildman–Crippen MR) is 99.1 cm³/mol. The Balaban J connectivity index is 1.65. The molecule has 2 unspecified atom stereocenters. The van der Waals surface area contributed by atoms with Crippen molar-refractivity contribution in [3.05, 3.63) is 75.6 Å². The number of benzene rings is 2. The summed E-state index contributed by atoms with van der Waals surface area (Å²) < 4.78 is 19.0. The van der Waals surface area contributed by atoms with Crippen LogP contribution in [0, 0.1) is 15.9 Å². The number of likely N-dealkylation sites (tertiary alicyclic amines) is 1. The Morgan fingerprint density at radius 2 is 2.00 bits per heavy atom. The van der Waals surface area contributed by atoms with Crippen LogP contribution >= 0.6 is 0 Å². The summed E-state index contributed by atoms with van der Waals surface area (Å²) >= 11 is 0. The summed E-state index contributed by atoms with van der Waals surface area (Å²) in [6.07, 6.45) is -1.12. The van der Waals surface area contributed by atoms with Crippen molar-refractivity contribution < 1.29 is 28.7 Å². The maximum atomic E-state index is 13.8. The second-order valence-corrected chi connectivity index (χ2v) is 6.75. The molecule has 9 heteroatoms. The molecule has 2 aromatic carbocycles. The molecule has 1 aliphatic heterocycles. The number of halogens is 1. The van der Waals surface area contributed by atoms with Crippen molar-refractivity contribution >= 4 is 17.6 Å². The lowest BCUT2D eigenvalue weighted by Gasteiger charge is -2.23. The highest BCUT2D eigenvalue weighted by Crippen LogP contribution is 2.22. The molecule has 0 radical (unpaired) electrons.